The summed E-state index contributed by atoms with van der Waals surface area (Å²) in [6.45, 7) is 2.61. The third-order valence-corrected chi connectivity index (χ3v) is 5.74. The van der Waals surface area contributed by atoms with Crippen molar-refractivity contribution < 1.29 is 27.1 Å². The van der Waals surface area contributed by atoms with Crippen molar-refractivity contribution in [2.75, 3.05) is 30.3 Å². The largest absolute Gasteiger partial charge is 0.486 e. The molecule has 2 aromatic rings. The first-order chi connectivity index (χ1) is 13.8. The molecule has 0 saturated carbocycles. The Balaban J connectivity index is 1.71. The van der Waals surface area contributed by atoms with Gasteiger partial charge < -0.3 is 14.8 Å². The number of benzene rings is 2. The molecule has 1 amide bonds. The highest BCUT2D eigenvalue weighted by Crippen LogP contribution is 2.35. The lowest BCUT2D eigenvalue weighted by atomic mass is 10.1. The molecule has 1 heterocycles. The van der Waals surface area contributed by atoms with Crippen LogP contribution in [0.5, 0.6) is 11.5 Å². The SMILES string of the molecule is C[C@@H](C(=O)NCCc1ccc(F)cc1)N(c1ccc2c(c1)OCCO2)S(C)(=O)=O. The Bertz CT molecular complexity index is 979. The van der Waals surface area contributed by atoms with Gasteiger partial charge in [-0.1, -0.05) is 12.1 Å². The molecule has 29 heavy (non-hydrogen) atoms. The number of hydrogen-bond donors (Lipinski definition) is 1. The molecule has 0 aliphatic carbocycles. The fourth-order valence-electron chi connectivity index (χ4n) is 3.11. The van der Waals surface area contributed by atoms with Crippen LogP contribution in [0.2, 0.25) is 0 Å². The van der Waals surface area contributed by atoms with E-state index in [0.29, 0.717) is 43.4 Å². The van der Waals surface area contributed by atoms with Gasteiger partial charge in [-0.25, -0.2) is 12.8 Å². The number of halogens is 1. The summed E-state index contributed by atoms with van der Waals surface area (Å²) < 4.78 is 49.8. The van der Waals surface area contributed by atoms with Gasteiger partial charge in [0.25, 0.3) is 0 Å². The zero-order valence-corrected chi connectivity index (χ0v) is 17.0. The van der Waals surface area contributed by atoms with Crippen molar-refractivity contribution in [1.29, 1.82) is 0 Å². The number of hydrogen-bond acceptors (Lipinski definition) is 5. The highest BCUT2D eigenvalue weighted by molar-refractivity contribution is 7.92. The molecular weight excluding hydrogens is 399 g/mol. The molecule has 1 aliphatic heterocycles. The number of anilines is 1. The van der Waals surface area contributed by atoms with E-state index in [1.54, 1.807) is 30.3 Å². The molecule has 1 N–H and O–H groups in total. The average Bonchev–Trinajstić information content (AvgIpc) is 2.68. The monoisotopic (exact) mass is 422 g/mol. The van der Waals surface area contributed by atoms with Crippen molar-refractivity contribution in [1.82, 2.24) is 5.32 Å². The van der Waals surface area contributed by atoms with Crippen LogP contribution in [0, 0.1) is 5.82 Å². The first kappa shape index (κ1) is 20.9. The van der Waals surface area contributed by atoms with Gasteiger partial charge >= 0.3 is 0 Å². The minimum absolute atomic E-state index is 0.299. The number of carbonyl (C=O) groups is 1. The molecule has 0 fully saturated rings. The van der Waals surface area contributed by atoms with E-state index in [0.717, 1.165) is 16.1 Å². The van der Waals surface area contributed by atoms with Crippen LogP contribution in [0.25, 0.3) is 0 Å². The topological polar surface area (TPSA) is 84.9 Å². The maximum Gasteiger partial charge on any atom is 0.243 e. The van der Waals surface area contributed by atoms with E-state index in [9.17, 15) is 17.6 Å². The zero-order chi connectivity index (χ0) is 21.0. The number of amides is 1. The summed E-state index contributed by atoms with van der Waals surface area (Å²) in [6.07, 6.45) is 1.55. The Hall–Kier alpha value is -2.81. The summed E-state index contributed by atoms with van der Waals surface area (Å²) in [7, 11) is -3.74. The Morgan fingerprint density at radius 2 is 1.79 bits per heavy atom. The highest BCUT2D eigenvalue weighted by atomic mass is 32.2. The molecule has 0 unspecified atom stereocenters. The summed E-state index contributed by atoms with van der Waals surface area (Å²) in [5.41, 5.74) is 1.18. The van der Waals surface area contributed by atoms with Gasteiger partial charge in [-0.3, -0.25) is 9.10 Å². The van der Waals surface area contributed by atoms with Crippen LogP contribution in [-0.2, 0) is 21.2 Å². The molecule has 2 aromatic carbocycles. The van der Waals surface area contributed by atoms with Gasteiger partial charge in [0, 0.05) is 12.6 Å². The molecule has 9 heteroatoms. The molecule has 1 aliphatic rings. The standard InChI is InChI=1S/C20H23FN2O5S/c1-14(20(24)22-10-9-15-3-5-16(21)6-4-15)23(29(2,25)26)17-7-8-18-19(13-17)28-12-11-27-18/h3-8,13-14H,9-12H2,1-2H3,(H,22,24)/t14-/m0/s1. The van der Waals surface area contributed by atoms with Crippen LogP contribution in [0.15, 0.2) is 42.5 Å². The Morgan fingerprint density at radius 3 is 2.45 bits per heavy atom. The zero-order valence-electron chi connectivity index (χ0n) is 16.2. The van der Waals surface area contributed by atoms with Crippen LogP contribution in [0.4, 0.5) is 10.1 Å². The number of ether oxygens (including phenoxy) is 2. The average molecular weight is 422 g/mol. The summed E-state index contributed by atoms with van der Waals surface area (Å²) >= 11 is 0. The van der Waals surface area contributed by atoms with Gasteiger partial charge in [0.05, 0.1) is 11.9 Å². The number of nitrogens with one attached hydrogen (secondary N) is 1. The molecule has 0 aromatic heterocycles. The summed E-state index contributed by atoms with van der Waals surface area (Å²) in [6, 6.07) is 9.78. The first-order valence-electron chi connectivity index (χ1n) is 9.17. The van der Waals surface area contributed by atoms with Crippen molar-refractivity contribution in [3.05, 3.63) is 53.8 Å². The van der Waals surface area contributed by atoms with Crippen molar-refractivity contribution in [3.63, 3.8) is 0 Å². The van der Waals surface area contributed by atoms with Crippen molar-refractivity contribution in [2.24, 2.45) is 0 Å². The third kappa shape index (κ3) is 5.17. The normalized spacial score (nSPS) is 14.2. The molecule has 7 nitrogen and oxygen atoms in total. The van der Waals surface area contributed by atoms with Gasteiger partial charge in [0.1, 0.15) is 25.1 Å². The smallest absolute Gasteiger partial charge is 0.243 e. The molecule has 0 radical (unpaired) electrons. The number of sulfonamides is 1. The van der Waals surface area contributed by atoms with Crippen LogP contribution < -0.4 is 19.1 Å². The Labute approximate surface area is 169 Å². The van der Waals surface area contributed by atoms with Crippen molar-refractivity contribution in [3.8, 4) is 11.5 Å². The second kappa shape index (κ2) is 8.69. The molecular formula is C20H23FN2O5S. The van der Waals surface area contributed by atoms with Crippen LogP contribution >= 0.6 is 0 Å². The predicted molar refractivity (Wildman–Crippen MR) is 107 cm³/mol. The van der Waals surface area contributed by atoms with Crippen molar-refractivity contribution >= 4 is 21.6 Å². The second-order valence-electron chi connectivity index (χ2n) is 6.73. The number of rotatable bonds is 7. The van der Waals surface area contributed by atoms with Crippen LogP contribution in [0.1, 0.15) is 12.5 Å². The lowest BCUT2D eigenvalue weighted by Crippen LogP contribution is -2.48. The van der Waals surface area contributed by atoms with Gasteiger partial charge in [0.15, 0.2) is 11.5 Å². The van der Waals surface area contributed by atoms with E-state index >= 15 is 0 Å². The summed E-state index contributed by atoms with van der Waals surface area (Å²) in [4.78, 5) is 12.6. The van der Waals surface area contributed by atoms with Gasteiger partial charge in [-0.2, -0.15) is 0 Å². The van der Waals surface area contributed by atoms with E-state index in [1.807, 2.05) is 0 Å². The van der Waals surface area contributed by atoms with E-state index < -0.39 is 22.0 Å². The minimum Gasteiger partial charge on any atom is -0.486 e. The quantitative estimate of drug-likeness (QED) is 0.739. The molecule has 0 saturated heterocycles. The van der Waals surface area contributed by atoms with E-state index in [2.05, 4.69) is 5.32 Å². The molecule has 3 rings (SSSR count). The lowest BCUT2D eigenvalue weighted by Gasteiger charge is -2.29. The van der Waals surface area contributed by atoms with E-state index in [4.69, 9.17) is 9.47 Å². The van der Waals surface area contributed by atoms with Crippen molar-refractivity contribution in [2.45, 2.75) is 19.4 Å². The molecule has 156 valence electrons. The number of nitrogens with zero attached hydrogens (tertiary/aromatic N) is 1. The maximum absolute atomic E-state index is 13.0. The van der Waals surface area contributed by atoms with Gasteiger partial charge in [-0.05, 0) is 43.2 Å². The van der Waals surface area contributed by atoms with Gasteiger partial charge in [-0.15, -0.1) is 0 Å². The second-order valence-corrected chi connectivity index (χ2v) is 8.59. The van der Waals surface area contributed by atoms with E-state index in [1.165, 1.54) is 19.1 Å². The molecule has 0 bridgehead atoms. The lowest BCUT2D eigenvalue weighted by molar-refractivity contribution is -0.121. The number of fused-ring (bicyclic) bond motifs is 1. The summed E-state index contributed by atoms with van der Waals surface area (Å²) in [5, 5.41) is 2.74. The molecule has 0 spiro atoms. The fourth-order valence-corrected chi connectivity index (χ4v) is 4.27. The first-order valence-corrected chi connectivity index (χ1v) is 11.0. The van der Waals surface area contributed by atoms with Crippen LogP contribution in [0.3, 0.4) is 0 Å². The molecule has 1 atom stereocenters. The minimum atomic E-state index is -3.74. The third-order valence-electron chi connectivity index (χ3n) is 4.49. The van der Waals surface area contributed by atoms with E-state index in [-0.39, 0.29) is 5.82 Å². The predicted octanol–water partition coefficient (Wildman–Crippen LogP) is 2.11. The van der Waals surface area contributed by atoms with Crippen LogP contribution in [-0.4, -0.2) is 46.4 Å². The number of carbonyl (C=O) groups excluding carboxylic acids is 1. The maximum atomic E-state index is 13.0. The summed E-state index contributed by atoms with van der Waals surface area (Å²) in [5.74, 6) is 0.207. The Kier molecular flexibility index (Phi) is 6.26. The fraction of sp³-hybridized carbons (Fsp3) is 0.350. The Morgan fingerprint density at radius 1 is 1.14 bits per heavy atom. The van der Waals surface area contributed by atoms with Gasteiger partial charge in [0.2, 0.25) is 15.9 Å². The highest BCUT2D eigenvalue weighted by Gasteiger charge is 2.30.